The second-order valence-corrected chi connectivity index (χ2v) is 6.44. The van der Waals surface area contributed by atoms with E-state index in [4.69, 9.17) is 11.6 Å². The van der Waals surface area contributed by atoms with Crippen LogP contribution in [0.5, 0.6) is 0 Å². The molecule has 0 unspecified atom stereocenters. The van der Waals surface area contributed by atoms with E-state index in [1.54, 1.807) is 31.3 Å². The summed E-state index contributed by atoms with van der Waals surface area (Å²) in [6.07, 6.45) is -2.07. The predicted octanol–water partition coefficient (Wildman–Crippen LogP) is 4.39. The summed E-state index contributed by atoms with van der Waals surface area (Å²) in [5.74, 6) is -0.610. The Balaban J connectivity index is 2.07. The largest absolute Gasteiger partial charge is 0.416 e. The quantitative estimate of drug-likeness (QED) is 0.743. The van der Waals surface area contributed by atoms with Crippen LogP contribution in [0.25, 0.3) is 6.08 Å². The van der Waals surface area contributed by atoms with Gasteiger partial charge in [0.2, 0.25) is 5.91 Å². The molecule has 0 aliphatic carbocycles. The molecule has 148 valence electrons. The lowest BCUT2D eigenvalue weighted by atomic mass is 10.1. The van der Waals surface area contributed by atoms with Gasteiger partial charge in [0.25, 0.3) is 5.91 Å². The maximum absolute atomic E-state index is 12.8. The zero-order chi connectivity index (χ0) is 20.9. The molecule has 0 saturated carbocycles. The Morgan fingerprint density at radius 2 is 1.79 bits per heavy atom. The molecule has 0 fully saturated rings. The van der Waals surface area contributed by atoms with Gasteiger partial charge in [0.15, 0.2) is 0 Å². The van der Waals surface area contributed by atoms with Crippen LogP contribution < -0.4 is 5.32 Å². The van der Waals surface area contributed by atoms with Gasteiger partial charge in [-0.25, -0.2) is 0 Å². The van der Waals surface area contributed by atoms with Gasteiger partial charge in [-0.15, -0.1) is 0 Å². The third-order valence-corrected chi connectivity index (χ3v) is 4.31. The minimum absolute atomic E-state index is 0.105. The Bertz CT molecular complexity index is 893. The van der Waals surface area contributed by atoms with Gasteiger partial charge in [-0.3, -0.25) is 9.59 Å². The van der Waals surface area contributed by atoms with Crippen molar-refractivity contribution >= 4 is 29.5 Å². The van der Waals surface area contributed by atoms with Gasteiger partial charge in [-0.05, 0) is 47.5 Å². The first-order valence-corrected chi connectivity index (χ1v) is 8.60. The maximum Gasteiger partial charge on any atom is 0.416 e. The molecule has 2 aromatic carbocycles. The molecule has 0 spiro atoms. The fraction of sp³-hybridized carbons (Fsp3) is 0.200. The minimum Gasteiger partial charge on any atom is -0.355 e. The lowest BCUT2D eigenvalue weighted by Crippen LogP contribution is -2.24. The van der Waals surface area contributed by atoms with E-state index < -0.39 is 17.6 Å². The number of halogens is 4. The molecular weight excluding hydrogens is 393 g/mol. The van der Waals surface area contributed by atoms with Crippen LogP contribution in [0, 0.1) is 0 Å². The highest BCUT2D eigenvalue weighted by molar-refractivity contribution is 6.32. The highest BCUT2D eigenvalue weighted by atomic mass is 35.5. The van der Waals surface area contributed by atoms with Crippen molar-refractivity contribution in [1.29, 1.82) is 0 Å². The number of carbonyl (C=O) groups excluding carboxylic acids is 2. The van der Waals surface area contributed by atoms with Crippen LogP contribution in [0.1, 0.15) is 27.0 Å². The van der Waals surface area contributed by atoms with Crippen LogP contribution >= 0.6 is 11.6 Å². The first kappa shape index (κ1) is 21.5. The number of alkyl halides is 3. The van der Waals surface area contributed by atoms with E-state index in [9.17, 15) is 22.8 Å². The Kier molecular flexibility index (Phi) is 6.85. The smallest absolute Gasteiger partial charge is 0.355 e. The van der Waals surface area contributed by atoms with Crippen LogP contribution in [0.2, 0.25) is 5.02 Å². The van der Waals surface area contributed by atoms with E-state index in [1.165, 1.54) is 24.1 Å². The highest BCUT2D eigenvalue weighted by Gasteiger charge is 2.30. The summed E-state index contributed by atoms with van der Waals surface area (Å²) in [5, 5.41) is 2.63. The van der Waals surface area contributed by atoms with Crippen molar-refractivity contribution in [2.45, 2.75) is 12.7 Å². The monoisotopic (exact) mass is 410 g/mol. The third-order valence-electron chi connectivity index (χ3n) is 3.97. The number of nitrogens with zero attached hydrogens (tertiary/aromatic N) is 1. The molecule has 2 amide bonds. The van der Waals surface area contributed by atoms with Gasteiger partial charge < -0.3 is 10.2 Å². The van der Waals surface area contributed by atoms with Crippen LogP contribution in [-0.4, -0.2) is 30.8 Å². The molecule has 0 heterocycles. The molecule has 2 rings (SSSR count). The molecule has 0 saturated heterocycles. The predicted molar refractivity (Wildman–Crippen MR) is 102 cm³/mol. The Morgan fingerprint density at radius 1 is 1.14 bits per heavy atom. The first-order valence-electron chi connectivity index (χ1n) is 8.22. The third kappa shape index (κ3) is 5.60. The molecule has 0 aliphatic heterocycles. The van der Waals surface area contributed by atoms with Gasteiger partial charge in [-0.2, -0.15) is 13.2 Å². The number of benzene rings is 2. The Hall–Kier alpha value is -2.80. The average Bonchev–Trinajstić information content (AvgIpc) is 2.66. The topological polar surface area (TPSA) is 49.4 Å². The number of nitrogens with one attached hydrogen (secondary N) is 1. The summed E-state index contributed by atoms with van der Waals surface area (Å²) in [4.78, 5) is 25.2. The van der Waals surface area contributed by atoms with Gasteiger partial charge in [0, 0.05) is 37.3 Å². The van der Waals surface area contributed by atoms with Gasteiger partial charge in [-0.1, -0.05) is 23.7 Å². The second kappa shape index (κ2) is 8.93. The van der Waals surface area contributed by atoms with E-state index in [0.717, 1.165) is 23.8 Å². The summed E-state index contributed by atoms with van der Waals surface area (Å²) >= 11 is 5.92. The lowest BCUT2D eigenvalue weighted by Gasteiger charge is -2.15. The summed E-state index contributed by atoms with van der Waals surface area (Å²) in [5.41, 5.74) is 0.565. The molecule has 0 aliphatic rings. The molecule has 4 nitrogen and oxygen atoms in total. The van der Waals surface area contributed by atoms with Crippen LogP contribution in [-0.2, 0) is 17.5 Å². The fourth-order valence-corrected chi connectivity index (χ4v) is 2.57. The Morgan fingerprint density at radius 3 is 2.36 bits per heavy atom. The number of amides is 2. The summed E-state index contributed by atoms with van der Waals surface area (Å²) in [6.45, 7) is 0.271. The molecule has 0 radical (unpaired) electrons. The maximum atomic E-state index is 12.8. The van der Waals surface area contributed by atoms with E-state index in [-0.39, 0.29) is 23.0 Å². The molecule has 28 heavy (non-hydrogen) atoms. The zero-order valence-electron chi connectivity index (χ0n) is 15.2. The average molecular weight is 411 g/mol. The summed E-state index contributed by atoms with van der Waals surface area (Å²) < 4.78 is 38.4. The molecule has 0 aromatic heterocycles. The van der Waals surface area contributed by atoms with E-state index >= 15 is 0 Å². The summed E-state index contributed by atoms with van der Waals surface area (Å²) in [6, 6.07) is 9.66. The van der Waals surface area contributed by atoms with E-state index in [0.29, 0.717) is 5.56 Å². The SMILES string of the molecule is CNC(=O)c1ccc(CN(C)C(=O)/C=C/c2cc(C(F)(F)F)ccc2Cl)cc1. The second-order valence-electron chi connectivity index (χ2n) is 6.04. The van der Waals surface area contributed by atoms with Gasteiger partial charge in [0.1, 0.15) is 0 Å². The standard InChI is InChI=1S/C20H18ClF3N2O2/c1-25-19(28)14-5-3-13(4-6-14)12-26(2)18(27)10-7-15-11-16(20(22,23)24)8-9-17(15)21/h3-11H,12H2,1-2H3,(H,25,28)/b10-7+. The fourth-order valence-electron chi connectivity index (χ4n) is 2.39. The van der Waals surface area contributed by atoms with Crippen molar-refractivity contribution < 1.29 is 22.8 Å². The number of rotatable bonds is 5. The lowest BCUT2D eigenvalue weighted by molar-refractivity contribution is -0.137. The van der Waals surface area contributed by atoms with Crippen LogP contribution in [0.15, 0.2) is 48.5 Å². The minimum atomic E-state index is -4.49. The van der Waals surface area contributed by atoms with Crippen molar-refractivity contribution in [3.05, 3.63) is 75.8 Å². The van der Waals surface area contributed by atoms with Crippen molar-refractivity contribution in [1.82, 2.24) is 10.2 Å². The van der Waals surface area contributed by atoms with Crippen LogP contribution in [0.4, 0.5) is 13.2 Å². The number of hydrogen-bond donors (Lipinski definition) is 1. The molecule has 8 heteroatoms. The highest BCUT2D eigenvalue weighted by Crippen LogP contribution is 2.32. The molecule has 1 N–H and O–H groups in total. The van der Waals surface area contributed by atoms with Crippen molar-refractivity contribution in [2.24, 2.45) is 0 Å². The van der Waals surface area contributed by atoms with Gasteiger partial charge >= 0.3 is 6.18 Å². The van der Waals surface area contributed by atoms with Crippen LogP contribution in [0.3, 0.4) is 0 Å². The van der Waals surface area contributed by atoms with Crippen molar-refractivity contribution in [3.63, 3.8) is 0 Å². The molecular formula is C20H18ClF3N2O2. The first-order chi connectivity index (χ1) is 13.1. The van der Waals surface area contributed by atoms with Crippen molar-refractivity contribution in [3.8, 4) is 0 Å². The molecule has 0 atom stereocenters. The van der Waals surface area contributed by atoms with E-state index in [2.05, 4.69) is 5.32 Å². The number of carbonyl (C=O) groups is 2. The van der Waals surface area contributed by atoms with Gasteiger partial charge in [0.05, 0.1) is 5.56 Å². The van der Waals surface area contributed by atoms with Crippen molar-refractivity contribution in [2.75, 3.05) is 14.1 Å². The molecule has 2 aromatic rings. The molecule has 0 bridgehead atoms. The number of likely N-dealkylation sites (N-methyl/N-ethyl adjacent to an activating group) is 1. The number of hydrogen-bond acceptors (Lipinski definition) is 2. The zero-order valence-corrected chi connectivity index (χ0v) is 15.9. The normalized spacial score (nSPS) is 11.5. The van der Waals surface area contributed by atoms with E-state index in [1.807, 2.05) is 0 Å². The Labute approximate surface area is 165 Å². The summed E-state index contributed by atoms with van der Waals surface area (Å²) in [7, 11) is 3.10.